The van der Waals surface area contributed by atoms with E-state index in [1.807, 2.05) is 6.92 Å². The van der Waals surface area contributed by atoms with Crippen molar-refractivity contribution in [1.29, 1.82) is 0 Å². The lowest BCUT2D eigenvalue weighted by atomic mass is 10.2. The van der Waals surface area contributed by atoms with Crippen LogP contribution in [0.2, 0.25) is 10.0 Å². The molecule has 2 aromatic carbocycles. The molecule has 0 spiro atoms. The van der Waals surface area contributed by atoms with Crippen molar-refractivity contribution < 1.29 is 9.53 Å². The van der Waals surface area contributed by atoms with Gasteiger partial charge in [0.15, 0.2) is 0 Å². The number of nitrogens with two attached hydrogens (primary N) is 1. The average Bonchev–Trinajstić information content (AvgIpc) is 2.41. The number of anilines is 2. The number of carbonyl (C=O) groups excluding carboxylic acids is 1. The minimum atomic E-state index is -0.340. The first-order chi connectivity index (χ1) is 9.99. The van der Waals surface area contributed by atoms with Crippen molar-refractivity contribution in [2.24, 2.45) is 0 Å². The molecule has 0 saturated heterocycles. The minimum Gasteiger partial charge on any atom is -0.492 e. The molecule has 0 aliphatic rings. The summed E-state index contributed by atoms with van der Waals surface area (Å²) in [5.41, 5.74) is 6.96. The van der Waals surface area contributed by atoms with Crippen molar-refractivity contribution in [3.63, 3.8) is 0 Å². The Kier molecular flexibility index (Phi) is 4.94. The predicted octanol–water partition coefficient (Wildman–Crippen LogP) is 4.23. The van der Waals surface area contributed by atoms with Gasteiger partial charge in [-0.2, -0.15) is 0 Å². The van der Waals surface area contributed by atoms with Crippen LogP contribution < -0.4 is 15.8 Å². The maximum Gasteiger partial charge on any atom is 0.255 e. The molecule has 6 heteroatoms. The van der Waals surface area contributed by atoms with E-state index in [-0.39, 0.29) is 5.91 Å². The molecule has 0 heterocycles. The lowest BCUT2D eigenvalue weighted by Crippen LogP contribution is -2.13. The van der Waals surface area contributed by atoms with Gasteiger partial charge >= 0.3 is 0 Å². The van der Waals surface area contributed by atoms with Crippen molar-refractivity contribution in [1.82, 2.24) is 0 Å². The van der Waals surface area contributed by atoms with E-state index >= 15 is 0 Å². The molecule has 0 atom stereocenters. The second-order valence-electron chi connectivity index (χ2n) is 4.30. The van der Waals surface area contributed by atoms with Crippen LogP contribution in [-0.2, 0) is 0 Å². The Morgan fingerprint density at radius 1 is 1.19 bits per heavy atom. The van der Waals surface area contributed by atoms with Gasteiger partial charge in [-0.3, -0.25) is 4.79 Å². The number of hydrogen-bond donors (Lipinski definition) is 2. The molecule has 0 bridgehead atoms. The topological polar surface area (TPSA) is 64.3 Å². The standard InChI is InChI=1S/C15H14Cl2N2O2/c1-2-21-14-4-3-10(16)8-13(14)19-15(20)9-5-11(17)7-12(18)6-9/h3-8H,2,18H2,1H3,(H,19,20). The summed E-state index contributed by atoms with van der Waals surface area (Å²) >= 11 is 11.8. The summed E-state index contributed by atoms with van der Waals surface area (Å²) in [7, 11) is 0. The number of nitrogens with one attached hydrogen (secondary N) is 1. The van der Waals surface area contributed by atoms with Gasteiger partial charge in [0, 0.05) is 21.3 Å². The van der Waals surface area contributed by atoms with Crippen LogP contribution in [-0.4, -0.2) is 12.5 Å². The van der Waals surface area contributed by atoms with Gasteiger partial charge in [0.1, 0.15) is 5.75 Å². The van der Waals surface area contributed by atoms with E-state index < -0.39 is 0 Å². The summed E-state index contributed by atoms with van der Waals surface area (Å²) in [5, 5.41) is 3.64. The monoisotopic (exact) mass is 324 g/mol. The number of carbonyl (C=O) groups is 1. The summed E-state index contributed by atoms with van der Waals surface area (Å²) in [6, 6.07) is 9.68. The molecule has 0 aromatic heterocycles. The van der Waals surface area contributed by atoms with Crippen molar-refractivity contribution in [3.05, 3.63) is 52.0 Å². The Morgan fingerprint density at radius 3 is 2.62 bits per heavy atom. The Bertz CT molecular complexity index is 654. The molecule has 0 unspecified atom stereocenters. The van der Waals surface area contributed by atoms with Crippen LogP contribution in [0.4, 0.5) is 11.4 Å². The molecule has 21 heavy (non-hydrogen) atoms. The van der Waals surface area contributed by atoms with Gasteiger partial charge < -0.3 is 15.8 Å². The van der Waals surface area contributed by atoms with E-state index in [9.17, 15) is 4.79 Å². The number of hydrogen-bond acceptors (Lipinski definition) is 3. The lowest BCUT2D eigenvalue weighted by molar-refractivity contribution is 0.102. The molecule has 0 fully saturated rings. The number of nitrogen functional groups attached to an aromatic ring is 1. The summed E-state index contributed by atoms with van der Waals surface area (Å²) in [4.78, 5) is 12.3. The highest BCUT2D eigenvalue weighted by Crippen LogP contribution is 2.29. The first-order valence-electron chi connectivity index (χ1n) is 6.29. The molecule has 0 saturated carbocycles. The Labute approximate surface area is 132 Å². The van der Waals surface area contributed by atoms with Gasteiger partial charge in [-0.05, 0) is 43.3 Å². The van der Waals surface area contributed by atoms with E-state index in [1.54, 1.807) is 30.3 Å². The number of amides is 1. The van der Waals surface area contributed by atoms with Crippen LogP contribution in [0.1, 0.15) is 17.3 Å². The van der Waals surface area contributed by atoms with Crippen molar-refractivity contribution in [3.8, 4) is 5.75 Å². The van der Waals surface area contributed by atoms with E-state index in [2.05, 4.69) is 5.32 Å². The summed E-state index contributed by atoms with van der Waals surface area (Å²) in [6.07, 6.45) is 0. The second-order valence-corrected chi connectivity index (χ2v) is 5.17. The molecule has 0 aliphatic carbocycles. The maximum absolute atomic E-state index is 12.3. The van der Waals surface area contributed by atoms with Crippen LogP contribution in [0, 0.1) is 0 Å². The van der Waals surface area contributed by atoms with Gasteiger partial charge in [0.25, 0.3) is 5.91 Å². The third-order valence-electron chi connectivity index (χ3n) is 2.67. The highest BCUT2D eigenvalue weighted by Gasteiger charge is 2.12. The molecular weight excluding hydrogens is 311 g/mol. The van der Waals surface area contributed by atoms with Gasteiger partial charge in [-0.25, -0.2) is 0 Å². The lowest BCUT2D eigenvalue weighted by Gasteiger charge is -2.12. The van der Waals surface area contributed by atoms with Crippen LogP contribution in [0.3, 0.4) is 0 Å². The first-order valence-corrected chi connectivity index (χ1v) is 7.05. The Hall–Kier alpha value is -1.91. The highest BCUT2D eigenvalue weighted by atomic mass is 35.5. The molecule has 2 aromatic rings. The second kappa shape index (κ2) is 6.70. The van der Waals surface area contributed by atoms with Gasteiger partial charge in [0.2, 0.25) is 0 Å². The molecule has 1 amide bonds. The summed E-state index contributed by atoms with van der Waals surface area (Å²) < 4.78 is 5.45. The predicted molar refractivity (Wildman–Crippen MR) is 86.4 cm³/mol. The van der Waals surface area contributed by atoms with E-state index in [1.165, 1.54) is 6.07 Å². The third-order valence-corrected chi connectivity index (χ3v) is 3.13. The fourth-order valence-corrected chi connectivity index (χ4v) is 2.23. The summed E-state index contributed by atoms with van der Waals surface area (Å²) in [6.45, 7) is 2.34. The van der Waals surface area contributed by atoms with Crippen LogP contribution in [0.25, 0.3) is 0 Å². The quantitative estimate of drug-likeness (QED) is 0.827. The highest BCUT2D eigenvalue weighted by molar-refractivity contribution is 6.31. The largest absolute Gasteiger partial charge is 0.492 e. The first kappa shape index (κ1) is 15.5. The minimum absolute atomic E-state index is 0.340. The van der Waals surface area contributed by atoms with Crippen LogP contribution in [0.5, 0.6) is 5.75 Å². The zero-order chi connectivity index (χ0) is 15.4. The van der Waals surface area contributed by atoms with Crippen molar-refractivity contribution in [2.75, 3.05) is 17.7 Å². The van der Waals surface area contributed by atoms with Crippen molar-refractivity contribution in [2.45, 2.75) is 6.92 Å². The molecule has 3 N–H and O–H groups in total. The van der Waals surface area contributed by atoms with E-state index in [4.69, 9.17) is 33.7 Å². The molecule has 110 valence electrons. The molecule has 0 radical (unpaired) electrons. The zero-order valence-corrected chi connectivity index (χ0v) is 12.8. The maximum atomic E-state index is 12.3. The fraction of sp³-hybridized carbons (Fsp3) is 0.133. The van der Waals surface area contributed by atoms with E-state index in [0.29, 0.717) is 39.3 Å². The number of benzene rings is 2. The van der Waals surface area contributed by atoms with E-state index in [0.717, 1.165) is 0 Å². The number of ether oxygens (including phenoxy) is 1. The number of halogens is 2. The van der Waals surface area contributed by atoms with Gasteiger partial charge in [-0.1, -0.05) is 23.2 Å². The molecule has 0 aliphatic heterocycles. The summed E-state index contributed by atoms with van der Waals surface area (Å²) in [5.74, 6) is 0.206. The molecule has 4 nitrogen and oxygen atoms in total. The van der Waals surface area contributed by atoms with Crippen LogP contribution in [0.15, 0.2) is 36.4 Å². The van der Waals surface area contributed by atoms with Crippen LogP contribution >= 0.6 is 23.2 Å². The van der Waals surface area contributed by atoms with Gasteiger partial charge in [-0.15, -0.1) is 0 Å². The third kappa shape index (κ3) is 4.03. The Morgan fingerprint density at radius 2 is 1.95 bits per heavy atom. The smallest absolute Gasteiger partial charge is 0.255 e. The fourth-order valence-electron chi connectivity index (χ4n) is 1.82. The molecule has 2 rings (SSSR count). The average molecular weight is 325 g/mol. The zero-order valence-electron chi connectivity index (χ0n) is 11.3. The Balaban J connectivity index is 2.28. The SMILES string of the molecule is CCOc1ccc(Cl)cc1NC(=O)c1cc(N)cc(Cl)c1. The van der Waals surface area contributed by atoms with Crippen molar-refractivity contribution >= 4 is 40.5 Å². The number of rotatable bonds is 4. The normalized spacial score (nSPS) is 10.2. The van der Waals surface area contributed by atoms with Gasteiger partial charge in [0.05, 0.1) is 12.3 Å². The molecular formula is C15H14Cl2N2O2.